The Bertz CT molecular complexity index is 1120. The number of carbonyl (C=O) groups excluding carboxylic acids is 1. The molecule has 0 spiro atoms. The lowest BCUT2D eigenvalue weighted by Gasteiger charge is -2.10. The van der Waals surface area contributed by atoms with Crippen molar-refractivity contribution >= 4 is 23.3 Å². The number of carbonyl (C=O) groups is 1. The van der Waals surface area contributed by atoms with Gasteiger partial charge in [0.1, 0.15) is 17.3 Å². The third kappa shape index (κ3) is 4.63. The maximum atomic E-state index is 13.3. The molecule has 2 heterocycles. The molecule has 0 aliphatic rings. The second kappa shape index (κ2) is 8.45. The summed E-state index contributed by atoms with van der Waals surface area (Å²) in [5, 5.41) is 2.72. The summed E-state index contributed by atoms with van der Waals surface area (Å²) in [7, 11) is 0. The fourth-order valence-corrected chi connectivity index (χ4v) is 3.91. The molecule has 0 aliphatic heterocycles. The predicted octanol–water partition coefficient (Wildman–Crippen LogP) is 4.83. The third-order valence-electron chi connectivity index (χ3n) is 4.30. The summed E-state index contributed by atoms with van der Waals surface area (Å²) < 4.78 is 28.6. The van der Waals surface area contributed by atoms with Crippen molar-refractivity contribution in [1.29, 1.82) is 0 Å². The van der Waals surface area contributed by atoms with Crippen LogP contribution in [0.2, 0.25) is 0 Å². The minimum absolute atomic E-state index is 0.0406. The molecule has 4 nitrogen and oxygen atoms in total. The van der Waals surface area contributed by atoms with Gasteiger partial charge in [-0.15, -0.1) is 11.8 Å². The molecule has 0 fully saturated rings. The fourth-order valence-electron chi connectivity index (χ4n) is 2.98. The second-order valence-corrected chi connectivity index (χ2v) is 7.46. The molecule has 0 bridgehead atoms. The van der Waals surface area contributed by atoms with Gasteiger partial charge in [-0.25, -0.2) is 13.8 Å². The van der Waals surface area contributed by atoms with Crippen LogP contribution in [0.25, 0.3) is 5.65 Å². The Morgan fingerprint density at radius 3 is 2.59 bits per heavy atom. The van der Waals surface area contributed by atoms with Gasteiger partial charge in [0.2, 0.25) is 0 Å². The number of halogens is 2. The lowest BCUT2D eigenvalue weighted by Crippen LogP contribution is -2.23. The Morgan fingerprint density at radius 1 is 1.03 bits per heavy atom. The molecular weight excluding hydrogens is 392 g/mol. The second-order valence-electron chi connectivity index (χ2n) is 6.44. The number of amides is 1. The van der Waals surface area contributed by atoms with Crippen molar-refractivity contribution in [3.05, 3.63) is 102 Å². The lowest BCUT2D eigenvalue weighted by atomic mass is 10.2. The highest BCUT2D eigenvalue weighted by atomic mass is 32.2. The summed E-state index contributed by atoms with van der Waals surface area (Å²) >= 11 is 1.51. The monoisotopic (exact) mass is 409 g/mol. The summed E-state index contributed by atoms with van der Waals surface area (Å²) in [6.45, 7) is 0.0406. The van der Waals surface area contributed by atoms with E-state index in [4.69, 9.17) is 0 Å². The van der Waals surface area contributed by atoms with E-state index < -0.39 is 11.6 Å². The number of thioether (sulfide) groups is 1. The Kier molecular flexibility index (Phi) is 5.57. The molecule has 2 aromatic heterocycles. The van der Waals surface area contributed by atoms with Gasteiger partial charge in [0, 0.05) is 35.7 Å². The van der Waals surface area contributed by atoms with Gasteiger partial charge in [-0.1, -0.05) is 18.2 Å². The fraction of sp³-hybridized carbons (Fsp3) is 0.0909. The van der Waals surface area contributed by atoms with Crippen molar-refractivity contribution in [2.45, 2.75) is 17.2 Å². The predicted molar refractivity (Wildman–Crippen MR) is 109 cm³/mol. The van der Waals surface area contributed by atoms with Crippen LogP contribution in [0.4, 0.5) is 8.78 Å². The number of pyridine rings is 1. The van der Waals surface area contributed by atoms with E-state index in [2.05, 4.69) is 10.3 Å². The van der Waals surface area contributed by atoms with Gasteiger partial charge in [-0.3, -0.25) is 4.79 Å². The number of benzene rings is 2. The molecule has 1 amide bonds. The first kappa shape index (κ1) is 19.1. The van der Waals surface area contributed by atoms with Gasteiger partial charge in [-0.05, 0) is 42.0 Å². The van der Waals surface area contributed by atoms with Crippen molar-refractivity contribution in [2.24, 2.45) is 0 Å². The van der Waals surface area contributed by atoms with Crippen LogP contribution in [0.3, 0.4) is 0 Å². The van der Waals surface area contributed by atoms with E-state index in [0.29, 0.717) is 16.9 Å². The number of aromatic nitrogens is 2. The molecule has 146 valence electrons. The molecule has 0 radical (unpaired) electrons. The first-order valence-corrected chi connectivity index (χ1v) is 9.95. The quantitative estimate of drug-likeness (QED) is 0.464. The maximum absolute atomic E-state index is 13.3. The van der Waals surface area contributed by atoms with E-state index in [-0.39, 0.29) is 12.5 Å². The van der Waals surface area contributed by atoms with Crippen molar-refractivity contribution in [2.75, 3.05) is 0 Å². The summed E-state index contributed by atoms with van der Waals surface area (Å²) in [6.07, 6.45) is 3.90. The zero-order valence-corrected chi connectivity index (χ0v) is 16.1. The van der Waals surface area contributed by atoms with E-state index >= 15 is 0 Å². The SMILES string of the molecule is O=C(NCc1cc(F)cc(F)c1)c1ccccc1SCc1cn2ccccc2n1. The zero-order valence-electron chi connectivity index (χ0n) is 15.3. The van der Waals surface area contributed by atoms with Crippen LogP contribution < -0.4 is 5.32 Å². The standard InChI is InChI=1S/C22H17F2N3OS/c23-16-9-15(10-17(24)11-16)12-25-22(28)19-5-1-2-6-20(19)29-14-18-13-27-8-4-3-7-21(27)26-18/h1-11,13H,12,14H2,(H,25,28). The highest BCUT2D eigenvalue weighted by Crippen LogP contribution is 2.26. The zero-order chi connectivity index (χ0) is 20.2. The molecule has 7 heteroatoms. The van der Waals surface area contributed by atoms with Crippen LogP contribution in [0.1, 0.15) is 21.6 Å². The average molecular weight is 409 g/mol. The number of hydrogen-bond acceptors (Lipinski definition) is 3. The number of fused-ring (bicyclic) bond motifs is 1. The minimum atomic E-state index is -0.669. The van der Waals surface area contributed by atoms with E-state index in [0.717, 1.165) is 22.3 Å². The molecule has 4 aromatic rings. The molecule has 0 atom stereocenters. The molecule has 0 aliphatic carbocycles. The van der Waals surface area contributed by atoms with Crippen molar-refractivity contribution < 1.29 is 13.6 Å². The molecule has 29 heavy (non-hydrogen) atoms. The van der Waals surface area contributed by atoms with Gasteiger partial charge >= 0.3 is 0 Å². The summed E-state index contributed by atoms with van der Waals surface area (Å²) in [5.74, 6) is -1.02. The van der Waals surface area contributed by atoms with Crippen LogP contribution in [0.15, 0.2) is 78.0 Å². The Balaban J connectivity index is 1.44. The van der Waals surface area contributed by atoms with Gasteiger partial charge < -0.3 is 9.72 Å². The normalized spacial score (nSPS) is 11.0. The molecule has 2 aromatic carbocycles. The van der Waals surface area contributed by atoms with Gasteiger partial charge in [0.15, 0.2) is 0 Å². The topological polar surface area (TPSA) is 46.4 Å². The summed E-state index contributed by atoms with van der Waals surface area (Å²) in [5.41, 5.74) is 2.66. The Morgan fingerprint density at radius 2 is 1.79 bits per heavy atom. The first-order chi connectivity index (χ1) is 14.1. The van der Waals surface area contributed by atoms with Crippen LogP contribution in [0.5, 0.6) is 0 Å². The molecule has 0 saturated heterocycles. The van der Waals surface area contributed by atoms with Crippen molar-refractivity contribution in [1.82, 2.24) is 14.7 Å². The number of nitrogens with one attached hydrogen (secondary N) is 1. The van der Waals surface area contributed by atoms with E-state index in [1.54, 1.807) is 12.1 Å². The van der Waals surface area contributed by atoms with Crippen molar-refractivity contribution in [3.63, 3.8) is 0 Å². The molecular formula is C22H17F2N3OS. The van der Waals surface area contributed by atoms with Crippen molar-refractivity contribution in [3.8, 4) is 0 Å². The molecule has 0 unspecified atom stereocenters. The Hall–Kier alpha value is -3.19. The van der Waals surface area contributed by atoms with Gasteiger partial charge in [-0.2, -0.15) is 0 Å². The van der Waals surface area contributed by atoms with Crippen LogP contribution in [0, 0.1) is 11.6 Å². The number of imidazole rings is 1. The Labute approximate surface area is 170 Å². The van der Waals surface area contributed by atoms with Crippen LogP contribution in [-0.2, 0) is 12.3 Å². The molecule has 4 rings (SSSR count). The largest absolute Gasteiger partial charge is 0.348 e. The van der Waals surface area contributed by atoms with Crippen LogP contribution in [-0.4, -0.2) is 15.3 Å². The summed E-state index contributed by atoms with van der Waals surface area (Å²) in [4.78, 5) is 18.0. The highest BCUT2D eigenvalue weighted by molar-refractivity contribution is 7.98. The van der Waals surface area contributed by atoms with Gasteiger partial charge in [0.05, 0.1) is 11.3 Å². The molecule has 0 saturated carbocycles. The van der Waals surface area contributed by atoms with E-state index in [1.807, 2.05) is 47.1 Å². The summed E-state index contributed by atoms with van der Waals surface area (Å²) in [6, 6.07) is 16.3. The van der Waals surface area contributed by atoms with Gasteiger partial charge in [0.25, 0.3) is 5.91 Å². The lowest BCUT2D eigenvalue weighted by molar-refractivity contribution is 0.0948. The minimum Gasteiger partial charge on any atom is -0.348 e. The number of rotatable bonds is 6. The van der Waals surface area contributed by atoms with E-state index in [9.17, 15) is 13.6 Å². The first-order valence-electron chi connectivity index (χ1n) is 8.96. The molecule has 1 N–H and O–H groups in total. The number of hydrogen-bond donors (Lipinski definition) is 1. The number of nitrogens with zero attached hydrogens (tertiary/aromatic N) is 2. The third-order valence-corrected chi connectivity index (χ3v) is 5.40. The maximum Gasteiger partial charge on any atom is 0.252 e. The van der Waals surface area contributed by atoms with E-state index in [1.165, 1.54) is 23.9 Å². The smallest absolute Gasteiger partial charge is 0.252 e. The highest BCUT2D eigenvalue weighted by Gasteiger charge is 2.12. The van der Waals surface area contributed by atoms with Crippen LogP contribution >= 0.6 is 11.8 Å². The average Bonchev–Trinajstić information content (AvgIpc) is 3.13.